The average molecular weight is 184 g/mol. The molecule has 2 aliphatic heterocycles. The summed E-state index contributed by atoms with van der Waals surface area (Å²) in [5.41, 5.74) is 0. The number of fused-ring (bicyclic) bond motifs is 1. The smallest absolute Gasteiger partial charge is 0.204 e. The minimum atomic E-state index is -2.10. The maximum absolute atomic E-state index is 10.7. The van der Waals surface area contributed by atoms with Gasteiger partial charge in [0.05, 0.1) is 0 Å². The molecule has 0 bridgehead atoms. The zero-order valence-corrected chi connectivity index (χ0v) is 6.60. The van der Waals surface area contributed by atoms with Crippen molar-refractivity contribution in [3.63, 3.8) is 0 Å². The van der Waals surface area contributed by atoms with Gasteiger partial charge in [0, 0.05) is 0 Å². The van der Waals surface area contributed by atoms with E-state index >= 15 is 0 Å². The van der Waals surface area contributed by atoms with Gasteiger partial charge in [-0.2, -0.15) is 0 Å². The summed E-state index contributed by atoms with van der Waals surface area (Å²) in [6.07, 6.45) is 2.51. The van der Waals surface area contributed by atoms with Crippen LogP contribution in [-0.2, 0) is 11.1 Å². The third kappa shape index (κ3) is 1.03. The Morgan fingerprint density at radius 1 is 1.42 bits per heavy atom. The molecule has 0 radical (unpaired) electrons. The van der Waals surface area contributed by atoms with Gasteiger partial charge in [-0.3, -0.25) is 4.99 Å². The summed E-state index contributed by atoms with van der Waals surface area (Å²) in [4.78, 5) is 15.1. The van der Waals surface area contributed by atoms with Crippen molar-refractivity contribution < 1.29 is 8.76 Å². The Morgan fingerprint density at radius 3 is 3.00 bits per heavy atom. The Labute approximate surface area is 70.1 Å². The summed E-state index contributed by atoms with van der Waals surface area (Å²) in [6.45, 7) is 0. The molecule has 0 fully saturated rings. The second kappa shape index (κ2) is 2.68. The molecule has 0 aromatic rings. The van der Waals surface area contributed by atoms with Crippen molar-refractivity contribution in [1.82, 2.24) is 0 Å². The fraction of sp³-hybridized carbons (Fsp3) is 0.200. The summed E-state index contributed by atoms with van der Waals surface area (Å²) in [5, 5.41) is 0.0810. The fourth-order valence-corrected chi connectivity index (χ4v) is 1.43. The molecule has 0 spiro atoms. The summed E-state index contributed by atoms with van der Waals surface area (Å²) in [6, 6.07) is -0.555. The lowest BCUT2D eigenvalue weighted by Crippen LogP contribution is -2.30. The third-order valence-corrected chi connectivity index (χ3v) is 2.12. The highest BCUT2D eigenvalue weighted by Crippen LogP contribution is 2.10. The summed E-state index contributed by atoms with van der Waals surface area (Å²) in [7, 11) is 0. The Hall–Kier alpha value is -1.21. The zero-order chi connectivity index (χ0) is 8.55. The van der Waals surface area contributed by atoms with Crippen molar-refractivity contribution in [3.8, 4) is 0 Å². The molecule has 2 atom stereocenters. The Balaban J connectivity index is 2.41. The monoisotopic (exact) mass is 184 g/mol. The molecule has 7 heteroatoms. The molecule has 2 rings (SSSR count). The first-order chi connectivity index (χ1) is 5.79. The van der Waals surface area contributed by atoms with Crippen LogP contribution in [0.4, 0.5) is 0 Å². The van der Waals surface area contributed by atoms with Crippen LogP contribution in [0.25, 0.3) is 0 Å². The molecular formula is C5H4N4O2S. The van der Waals surface area contributed by atoms with Crippen LogP contribution < -0.4 is 0 Å². The van der Waals surface area contributed by atoms with Gasteiger partial charge in [-0.25, -0.2) is 19.2 Å². The highest BCUT2D eigenvalue weighted by molar-refractivity contribution is 7.96. The van der Waals surface area contributed by atoms with Gasteiger partial charge in [-0.05, 0) is 0 Å². The van der Waals surface area contributed by atoms with Gasteiger partial charge in [0.2, 0.25) is 11.1 Å². The minimum Gasteiger partial charge on any atom is -0.301 e. The van der Waals surface area contributed by atoms with Crippen LogP contribution in [0.3, 0.4) is 0 Å². The van der Waals surface area contributed by atoms with E-state index in [1.807, 2.05) is 0 Å². The van der Waals surface area contributed by atoms with Gasteiger partial charge in [-0.15, -0.1) is 0 Å². The lowest BCUT2D eigenvalue weighted by atomic mass is 10.3. The van der Waals surface area contributed by atoms with E-state index < -0.39 is 17.1 Å². The number of hydrogen-bond donors (Lipinski definition) is 1. The van der Waals surface area contributed by atoms with E-state index in [4.69, 9.17) is 4.55 Å². The van der Waals surface area contributed by atoms with Gasteiger partial charge >= 0.3 is 0 Å². The van der Waals surface area contributed by atoms with Crippen molar-refractivity contribution in [3.05, 3.63) is 0 Å². The number of amidine groups is 1. The highest BCUT2D eigenvalue weighted by atomic mass is 32.2. The quantitative estimate of drug-likeness (QED) is 0.512. The number of hydrogen-bond acceptors (Lipinski definition) is 5. The Morgan fingerprint density at radius 2 is 2.25 bits per heavy atom. The standard InChI is InChI=1S/C5H4N4O2S/c10-12(11)5-3-4(7-1-6-3)8-2-9-5/h1-3H,(H,10,11). The lowest BCUT2D eigenvalue weighted by molar-refractivity contribution is 0.576. The van der Waals surface area contributed by atoms with E-state index in [1.165, 1.54) is 12.7 Å². The van der Waals surface area contributed by atoms with Gasteiger partial charge in [0.1, 0.15) is 12.7 Å². The lowest BCUT2D eigenvalue weighted by Gasteiger charge is -2.09. The van der Waals surface area contributed by atoms with E-state index in [2.05, 4.69) is 20.0 Å². The number of rotatable bonds is 0. The molecule has 2 aliphatic rings. The SMILES string of the molecule is O=S(O)C1=NC=NC2=NC=NC21. The molecule has 1 N–H and O–H groups in total. The molecule has 2 unspecified atom stereocenters. The normalized spacial score (nSPS) is 27.9. The zero-order valence-electron chi connectivity index (χ0n) is 5.78. The number of nitrogens with zero attached hydrogens (tertiary/aromatic N) is 4. The van der Waals surface area contributed by atoms with Crippen molar-refractivity contribution >= 4 is 34.6 Å². The highest BCUT2D eigenvalue weighted by Gasteiger charge is 2.29. The second-order valence-corrected chi connectivity index (χ2v) is 3.03. The van der Waals surface area contributed by atoms with Crippen LogP contribution in [0.2, 0.25) is 0 Å². The second-order valence-electron chi connectivity index (χ2n) is 2.12. The Bertz CT molecular complexity index is 356. The average Bonchev–Trinajstić information content (AvgIpc) is 2.49. The third-order valence-electron chi connectivity index (χ3n) is 1.44. The Kier molecular flexibility index (Phi) is 1.66. The van der Waals surface area contributed by atoms with Crippen LogP contribution in [0.5, 0.6) is 0 Å². The van der Waals surface area contributed by atoms with Crippen molar-refractivity contribution in [2.75, 3.05) is 0 Å². The van der Waals surface area contributed by atoms with E-state index in [1.54, 1.807) is 0 Å². The van der Waals surface area contributed by atoms with Crippen molar-refractivity contribution in [2.24, 2.45) is 20.0 Å². The first-order valence-electron chi connectivity index (χ1n) is 3.09. The maximum Gasteiger partial charge on any atom is 0.204 e. The van der Waals surface area contributed by atoms with E-state index in [0.717, 1.165) is 0 Å². The summed E-state index contributed by atoms with van der Waals surface area (Å²) >= 11 is -2.10. The van der Waals surface area contributed by atoms with Crippen LogP contribution >= 0.6 is 0 Å². The molecule has 0 saturated heterocycles. The first-order valence-corrected chi connectivity index (χ1v) is 4.20. The molecule has 62 valence electrons. The molecule has 0 amide bonds. The van der Waals surface area contributed by atoms with Crippen LogP contribution in [0.15, 0.2) is 20.0 Å². The summed E-state index contributed by atoms with van der Waals surface area (Å²) < 4.78 is 19.5. The number of aliphatic imine (C=N–C) groups is 4. The van der Waals surface area contributed by atoms with Crippen LogP contribution in [0, 0.1) is 0 Å². The van der Waals surface area contributed by atoms with E-state index in [9.17, 15) is 4.21 Å². The van der Waals surface area contributed by atoms with Crippen molar-refractivity contribution in [2.45, 2.75) is 6.04 Å². The predicted octanol–water partition coefficient (Wildman–Crippen LogP) is -0.542. The van der Waals surface area contributed by atoms with Crippen molar-refractivity contribution in [1.29, 1.82) is 0 Å². The molecular weight excluding hydrogens is 180 g/mol. The van der Waals surface area contributed by atoms with Crippen LogP contribution in [0.1, 0.15) is 0 Å². The maximum atomic E-state index is 10.7. The van der Waals surface area contributed by atoms with Crippen LogP contribution in [-0.4, -0.2) is 38.4 Å². The molecule has 2 heterocycles. The van der Waals surface area contributed by atoms with Gasteiger partial charge in [0.25, 0.3) is 0 Å². The van der Waals surface area contributed by atoms with E-state index in [0.29, 0.717) is 5.84 Å². The fourth-order valence-electron chi connectivity index (χ4n) is 0.931. The topological polar surface area (TPSA) is 86.7 Å². The largest absolute Gasteiger partial charge is 0.301 e. The molecule has 0 aliphatic carbocycles. The predicted molar refractivity (Wildman–Crippen MR) is 46.4 cm³/mol. The summed E-state index contributed by atoms with van der Waals surface area (Å²) in [5.74, 6) is 0.419. The van der Waals surface area contributed by atoms with E-state index in [-0.39, 0.29) is 5.04 Å². The molecule has 0 aromatic heterocycles. The first kappa shape index (κ1) is 7.44. The van der Waals surface area contributed by atoms with Gasteiger partial charge in [-0.1, -0.05) is 0 Å². The van der Waals surface area contributed by atoms with Gasteiger partial charge < -0.3 is 4.55 Å². The minimum absolute atomic E-state index is 0.0810. The molecule has 12 heavy (non-hydrogen) atoms. The molecule has 6 nitrogen and oxygen atoms in total. The molecule has 0 aromatic carbocycles. The van der Waals surface area contributed by atoms with Gasteiger partial charge in [0.15, 0.2) is 16.9 Å². The molecule has 0 saturated carbocycles.